The van der Waals surface area contributed by atoms with Gasteiger partial charge in [-0.1, -0.05) is 36.4 Å². The van der Waals surface area contributed by atoms with E-state index in [1.165, 1.54) is 7.11 Å². The summed E-state index contributed by atoms with van der Waals surface area (Å²) in [6.45, 7) is 3.62. The third kappa shape index (κ3) is 5.39. The molecule has 0 spiro atoms. The molecule has 0 fully saturated rings. The molecule has 0 bridgehead atoms. The first-order chi connectivity index (χ1) is 10.1. The van der Waals surface area contributed by atoms with Crippen LogP contribution in [0.5, 0.6) is 0 Å². The molecule has 114 valence electrons. The van der Waals surface area contributed by atoms with Gasteiger partial charge in [0.15, 0.2) is 6.10 Å². The maximum atomic E-state index is 12.3. The minimum atomic E-state index is -0.757. The van der Waals surface area contributed by atoms with Crippen LogP contribution in [0.1, 0.15) is 30.9 Å². The van der Waals surface area contributed by atoms with Crippen LogP contribution in [0.2, 0.25) is 0 Å². The molecule has 1 rings (SSSR count). The topological polar surface area (TPSA) is 81.4 Å². The van der Waals surface area contributed by atoms with Crippen LogP contribution >= 0.6 is 0 Å². The van der Waals surface area contributed by atoms with Crippen molar-refractivity contribution in [3.8, 4) is 0 Å². The van der Waals surface area contributed by atoms with Crippen LogP contribution in [0.3, 0.4) is 0 Å². The van der Waals surface area contributed by atoms with Crippen molar-refractivity contribution in [3.63, 3.8) is 0 Å². The summed E-state index contributed by atoms with van der Waals surface area (Å²) in [5.41, 5.74) is 6.06. The van der Waals surface area contributed by atoms with Crippen molar-refractivity contribution in [1.29, 1.82) is 0 Å². The number of rotatable bonds is 9. The summed E-state index contributed by atoms with van der Waals surface area (Å²) < 4.78 is 5.22. The number of methoxy groups -OCH3 is 1. The Bertz CT molecular complexity index is 474. The Balaban J connectivity index is 2.70. The number of unbranched alkanes of at least 4 members (excludes halogenated alkanes) is 1. The van der Waals surface area contributed by atoms with Crippen LogP contribution in [0, 0.1) is 0 Å². The molecule has 1 aromatic carbocycles. The Morgan fingerprint density at radius 1 is 1.38 bits per heavy atom. The zero-order valence-electron chi connectivity index (χ0n) is 12.2. The maximum absolute atomic E-state index is 12.3. The third-order valence-corrected chi connectivity index (χ3v) is 3.14. The summed E-state index contributed by atoms with van der Waals surface area (Å²) in [5.74, 6) is -0.915. The lowest BCUT2D eigenvalue weighted by Crippen LogP contribution is -2.46. The summed E-state index contributed by atoms with van der Waals surface area (Å²) in [5, 5.41) is 2.65. The van der Waals surface area contributed by atoms with Crippen LogP contribution in [0.25, 0.3) is 0 Å². The summed E-state index contributed by atoms with van der Waals surface area (Å²) in [7, 11) is 1.45. The Kier molecular flexibility index (Phi) is 7.18. The fourth-order valence-electron chi connectivity index (χ4n) is 2.02. The van der Waals surface area contributed by atoms with Gasteiger partial charge in [-0.05, 0) is 24.8 Å². The van der Waals surface area contributed by atoms with Gasteiger partial charge in [-0.25, -0.2) is 0 Å². The fraction of sp³-hybridized carbons (Fsp3) is 0.375. The van der Waals surface area contributed by atoms with E-state index >= 15 is 0 Å². The van der Waals surface area contributed by atoms with E-state index in [0.29, 0.717) is 6.42 Å². The number of carbonyl (C=O) groups is 2. The van der Waals surface area contributed by atoms with Crippen molar-refractivity contribution in [2.75, 3.05) is 7.11 Å². The van der Waals surface area contributed by atoms with E-state index < -0.39 is 18.1 Å². The number of benzene rings is 1. The van der Waals surface area contributed by atoms with Crippen LogP contribution in [-0.4, -0.2) is 25.0 Å². The van der Waals surface area contributed by atoms with Gasteiger partial charge in [0.2, 0.25) is 5.91 Å². The van der Waals surface area contributed by atoms with Gasteiger partial charge in [0.1, 0.15) is 6.04 Å². The quantitative estimate of drug-likeness (QED) is 0.536. The Labute approximate surface area is 125 Å². The summed E-state index contributed by atoms with van der Waals surface area (Å²) in [4.78, 5) is 23.7. The molecule has 21 heavy (non-hydrogen) atoms. The van der Waals surface area contributed by atoms with Crippen LogP contribution in [-0.2, 0) is 14.3 Å². The first-order valence-corrected chi connectivity index (χ1v) is 6.88. The van der Waals surface area contributed by atoms with Gasteiger partial charge >= 0.3 is 0 Å². The molecular formula is C16H22N2O3. The molecule has 2 atom stereocenters. The van der Waals surface area contributed by atoms with Crippen molar-refractivity contribution in [2.24, 2.45) is 5.73 Å². The van der Waals surface area contributed by atoms with Gasteiger partial charge < -0.3 is 15.8 Å². The summed E-state index contributed by atoms with van der Waals surface area (Å²) >= 11 is 0. The molecule has 0 aliphatic heterocycles. The van der Waals surface area contributed by atoms with Gasteiger partial charge in [-0.3, -0.25) is 9.59 Å². The van der Waals surface area contributed by atoms with Crippen molar-refractivity contribution in [3.05, 3.63) is 48.6 Å². The molecule has 0 unspecified atom stereocenters. The SMILES string of the molecule is C=CCCC[C@H](NC(=O)[C@@H](OC)c1ccccc1)C(N)=O. The molecule has 0 aliphatic carbocycles. The second-order valence-electron chi connectivity index (χ2n) is 4.71. The number of amides is 2. The van der Waals surface area contributed by atoms with Crippen LogP contribution in [0.15, 0.2) is 43.0 Å². The predicted molar refractivity (Wildman–Crippen MR) is 81.4 cm³/mol. The van der Waals surface area contributed by atoms with Crippen LogP contribution in [0.4, 0.5) is 0 Å². The second-order valence-corrected chi connectivity index (χ2v) is 4.71. The van der Waals surface area contributed by atoms with Gasteiger partial charge in [0, 0.05) is 7.11 Å². The lowest BCUT2D eigenvalue weighted by atomic mass is 10.1. The molecule has 0 saturated heterocycles. The predicted octanol–water partition coefficient (Wildman–Crippen LogP) is 1.70. The number of nitrogens with two attached hydrogens (primary N) is 1. The zero-order valence-corrected chi connectivity index (χ0v) is 12.2. The van der Waals surface area contributed by atoms with E-state index in [1.807, 2.05) is 18.2 Å². The molecule has 0 aromatic heterocycles. The smallest absolute Gasteiger partial charge is 0.254 e. The van der Waals surface area contributed by atoms with E-state index in [2.05, 4.69) is 11.9 Å². The van der Waals surface area contributed by atoms with E-state index in [1.54, 1.807) is 18.2 Å². The molecule has 0 aliphatic rings. The molecule has 0 radical (unpaired) electrons. The number of hydrogen-bond acceptors (Lipinski definition) is 3. The standard InChI is InChI=1S/C16H22N2O3/c1-3-4-6-11-13(15(17)19)18-16(20)14(21-2)12-9-7-5-8-10-12/h3,5,7-10,13-14H,1,4,6,11H2,2H3,(H2,17,19)(H,18,20)/t13-,14-/m0/s1. The van der Waals surface area contributed by atoms with E-state index in [-0.39, 0.29) is 5.91 Å². The van der Waals surface area contributed by atoms with Crippen LogP contribution < -0.4 is 11.1 Å². The van der Waals surface area contributed by atoms with E-state index in [0.717, 1.165) is 18.4 Å². The maximum Gasteiger partial charge on any atom is 0.254 e. The van der Waals surface area contributed by atoms with E-state index in [9.17, 15) is 9.59 Å². The average molecular weight is 290 g/mol. The van der Waals surface area contributed by atoms with Crippen molar-refractivity contribution in [2.45, 2.75) is 31.4 Å². The molecule has 1 aromatic rings. The fourth-order valence-corrected chi connectivity index (χ4v) is 2.02. The van der Waals surface area contributed by atoms with E-state index in [4.69, 9.17) is 10.5 Å². The minimum Gasteiger partial charge on any atom is -0.368 e. The average Bonchev–Trinajstić information content (AvgIpc) is 2.48. The zero-order chi connectivity index (χ0) is 15.7. The number of primary amides is 1. The lowest BCUT2D eigenvalue weighted by molar-refractivity contribution is -0.135. The molecule has 3 N–H and O–H groups in total. The normalized spacial score (nSPS) is 13.2. The molecule has 5 nitrogen and oxygen atoms in total. The minimum absolute atomic E-state index is 0.369. The van der Waals surface area contributed by atoms with Gasteiger partial charge in [-0.2, -0.15) is 0 Å². The monoisotopic (exact) mass is 290 g/mol. The molecule has 2 amide bonds. The highest BCUT2D eigenvalue weighted by Crippen LogP contribution is 2.16. The highest BCUT2D eigenvalue weighted by molar-refractivity contribution is 5.89. The van der Waals surface area contributed by atoms with Gasteiger partial charge in [-0.15, -0.1) is 6.58 Å². The molecular weight excluding hydrogens is 268 g/mol. The van der Waals surface area contributed by atoms with Gasteiger partial charge in [0.05, 0.1) is 0 Å². The Morgan fingerprint density at radius 3 is 2.57 bits per heavy atom. The highest BCUT2D eigenvalue weighted by Gasteiger charge is 2.24. The van der Waals surface area contributed by atoms with Crippen molar-refractivity contribution in [1.82, 2.24) is 5.32 Å². The third-order valence-electron chi connectivity index (χ3n) is 3.14. The number of allylic oxidation sites excluding steroid dienone is 1. The highest BCUT2D eigenvalue weighted by atomic mass is 16.5. The number of hydrogen-bond donors (Lipinski definition) is 2. The second kappa shape index (κ2) is 8.92. The van der Waals surface area contributed by atoms with Gasteiger partial charge in [0.25, 0.3) is 5.91 Å². The Hall–Kier alpha value is -2.14. The molecule has 0 saturated carbocycles. The summed E-state index contributed by atoms with van der Waals surface area (Å²) in [6, 6.07) is 8.40. The number of nitrogens with one attached hydrogen (secondary N) is 1. The largest absolute Gasteiger partial charge is 0.368 e. The Morgan fingerprint density at radius 2 is 2.05 bits per heavy atom. The lowest BCUT2D eigenvalue weighted by Gasteiger charge is -2.20. The first kappa shape index (κ1) is 16.9. The molecule has 5 heteroatoms. The number of ether oxygens (including phenoxy) is 1. The van der Waals surface area contributed by atoms with Crippen molar-refractivity contribution < 1.29 is 14.3 Å². The number of carbonyl (C=O) groups excluding carboxylic acids is 2. The van der Waals surface area contributed by atoms with Crippen molar-refractivity contribution >= 4 is 11.8 Å². The first-order valence-electron chi connectivity index (χ1n) is 6.88. The summed E-state index contributed by atoms with van der Waals surface area (Å²) in [6.07, 6.45) is 3.00. The molecule has 0 heterocycles.